The number of rotatable bonds is 5. The van der Waals surface area contributed by atoms with Crippen LogP contribution in [0, 0.1) is 0 Å². The third kappa shape index (κ3) is 3.37. The molecule has 0 bridgehead atoms. The summed E-state index contributed by atoms with van der Waals surface area (Å²) in [6.45, 7) is 6.81. The van der Waals surface area contributed by atoms with Crippen LogP contribution in [0.15, 0.2) is 24.3 Å². The van der Waals surface area contributed by atoms with Crippen LogP contribution in [-0.2, 0) is 9.53 Å². The maximum Gasteiger partial charge on any atom is 0.328 e. The summed E-state index contributed by atoms with van der Waals surface area (Å²) >= 11 is 0. The van der Waals surface area contributed by atoms with Gasteiger partial charge in [0.05, 0.1) is 6.61 Å². The van der Waals surface area contributed by atoms with Gasteiger partial charge < -0.3 is 15.4 Å². The van der Waals surface area contributed by atoms with Gasteiger partial charge in [0.2, 0.25) is 0 Å². The number of likely N-dealkylation sites (N-methyl/N-ethyl adjacent to an activating group) is 1. The van der Waals surface area contributed by atoms with Crippen LogP contribution in [0.1, 0.15) is 20.8 Å². The molecule has 0 radical (unpaired) electrons. The molecule has 0 saturated carbocycles. The maximum absolute atomic E-state index is 11.7. The lowest BCUT2D eigenvalue weighted by molar-refractivity contribution is -0.144. The van der Waals surface area contributed by atoms with Gasteiger partial charge in [-0.2, -0.15) is 0 Å². The highest BCUT2D eigenvalue weighted by molar-refractivity contribution is 5.79. The van der Waals surface area contributed by atoms with Crippen LogP contribution >= 0.6 is 0 Å². The van der Waals surface area contributed by atoms with Crippen molar-refractivity contribution < 1.29 is 9.53 Å². The first kappa shape index (κ1) is 13.4. The van der Waals surface area contributed by atoms with Gasteiger partial charge in [0.1, 0.15) is 6.04 Å². The molecule has 1 aromatic carbocycles. The lowest BCUT2D eigenvalue weighted by Crippen LogP contribution is -2.40. The zero-order chi connectivity index (χ0) is 12.8. The SMILES string of the molecule is CCOC(=O)C(C)N(CC)c1ccc(N)cc1. The Morgan fingerprint density at radius 1 is 1.35 bits per heavy atom. The molecule has 0 aliphatic carbocycles. The van der Waals surface area contributed by atoms with E-state index in [1.54, 1.807) is 0 Å². The van der Waals surface area contributed by atoms with Crippen molar-refractivity contribution in [2.24, 2.45) is 0 Å². The fourth-order valence-corrected chi connectivity index (χ4v) is 1.74. The van der Waals surface area contributed by atoms with Gasteiger partial charge in [-0.25, -0.2) is 4.79 Å². The van der Waals surface area contributed by atoms with Crippen LogP contribution in [-0.4, -0.2) is 25.2 Å². The van der Waals surface area contributed by atoms with Crippen molar-refractivity contribution >= 4 is 17.3 Å². The molecule has 94 valence electrons. The van der Waals surface area contributed by atoms with Gasteiger partial charge in [-0.3, -0.25) is 0 Å². The van der Waals surface area contributed by atoms with Gasteiger partial charge >= 0.3 is 5.97 Å². The van der Waals surface area contributed by atoms with Crippen LogP contribution in [0.4, 0.5) is 11.4 Å². The Hall–Kier alpha value is -1.71. The second-order valence-corrected chi connectivity index (χ2v) is 3.81. The van der Waals surface area contributed by atoms with Crippen molar-refractivity contribution in [3.63, 3.8) is 0 Å². The number of carbonyl (C=O) groups excluding carboxylic acids is 1. The zero-order valence-electron chi connectivity index (χ0n) is 10.6. The third-order valence-corrected chi connectivity index (χ3v) is 2.66. The van der Waals surface area contributed by atoms with Gasteiger partial charge in [0.15, 0.2) is 0 Å². The van der Waals surface area contributed by atoms with Gasteiger partial charge in [-0.05, 0) is 45.0 Å². The molecule has 0 aliphatic rings. The van der Waals surface area contributed by atoms with Gasteiger partial charge in [0, 0.05) is 17.9 Å². The molecule has 2 N–H and O–H groups in total. The molecule has 1 aromatic rings. The van der Waals surface area contributed by atoms with Crippen LogP contribution in [0.2, 0.25) is 0 Å². The highest BCUT2D eigenvalue weighted by Gasteiger charge is 2.21. The molecule has 0 heterocycles. The molecule has 4 nitrogen and oxygen atoms in total. The van der Waals surface area contributed by atoms with E-state index in [-0.39, 0.29) is 12.0 Å². The summed E-state index contributed by atoms with van der Waals surface area (Å²) in [6.07, 6.45) is 0. The number of esters is 1. The lowest BCUT2D eigenvalue weighted by Gasteiger charge is -2.28. The van der Waals surface area contributed by atoms with Crippen LogP contribution in [0.3, 0.4) is 0 Å². The van der Waals surface area contributed by atoms with Crippen LogP contribution in [0.5, 0.6) is 0 Å². The van der Waals surface area contributed by atoms with Crippen LogP contribution in [0.25, 0.3) is 0 Å². The largest absolute Gasteiger partial charge is 0.464 e. The Kier molecular flexibility index (Phi) is 4.82. The van der Waals surface area contributed by atoms with Crippen molar-refractivity contribution in [2.75, 3.05) is 23.8 Å². The molecule has 1 rings (SSSR count). The van der Waals surface area contributed by atoms with Gasteiger partial charge in [-0.1, -0.05) is 0 Å². The minimum absolute atomic E-state index is 0.203. The summed E-state index contributed by atoms with van der Waals surface area (Å²) < 4.78 is 5.03. The number of carbonyl (C=O) groups is 1. The van der Waals surface area contributed by atoms with Crippen molar-refractivity contribution in [1.82, 2.24) is 0 Å². The predicted molar refractivity (Wildman–Crippen MR) is 70.0 cm³/mol. The molecule has 1 atom stereocenters. The number of nitrogen functional groups attached to an aromatic ring is 1. The van der Waals surface area contributed by atoms with E-state index in [0.29, 0.717) is 12.3 Å². The first-order valence-electron chi connectivity index (χ1n) is 5.89. The van der Waals surface area contributed by atoms with E-state index in [2.05, 4.69) is 0 Å². The number of nitrogens with two attached hydrogens (primary N) is 1. The first-order chi connectivity index (χ1) is 8.10. The molecule has 0 saturated heterocycles. The van der Waals surface area contributed by atoms with E-state index in [1.807, 2.05) is 49.9 Å². The summed E-state index contributed by atoms with van der Waals surface area (Å²) in [5.74, 6) is -0.203. The minimum atomic E-state index is -0.288. The molecule has 4 heteroatoms. The van der Waals surface area contributed by atoms with E-state index in [9.17, 15) is 4.79 Å². The summed E-state index contributed by atoms with van der Waals surface area (Å²) in [5.41, 5.74) is 7.33. The van der Waals surface area contributed by atoms with Crippen molar-refractivity contribution in [3.8, 4) is 0 Å². The van der Waals surface area contributed by atoms with Crippen LogP contribution < -0.4 is 10.6 Å². The third-order valence-electron chi connectivity index (χ3n) is 2.66. The summed E-state index contributed by atoms with van der Waals surface area (Å²) in [4.78, 5) is 13.7. The Morgan fingerprint density at radius 3 is 2.41 bits per heavy atom. The normalized spacial score (nSPS) is 11.9. The molecule has 0 fully saturated rings. The molecule has 0 spiro atoms. The number of ether oxygens (including phenoxy) is 1. The second kappa shape index (κ2) is 6.13. The topological polar surface area (TPSA) is 55.6 Å². The molecule has 0 aliphatic heterocycles. The highest BCUT2D eigenvalue weighted by atomic mass is 16.5. The molecule has 0 amide bonds. The fourth-order valence-electron chi connectivity index (χ4n) is 1.74. The van der Waals surface area contributed by atoms with Gasteiger partial charge in [-0.15, -0.1) is 0 Å². The average molecular weight is 236 g/mol. The monoisotopic (exact) mass is 236 g/mol. The van der Waals surface area contributed by atoms with E-state index in [0.717, 1.165) is 12.2 Å². The number of hydrogen-bond donors (Lipinski definition) is 1. The molecule has 1 unspecified atom stereocenters. The average Bonchev–Trinajstić information content (AvgIpc) is 2.32. The molecular weight excluding hydrogens is 216 g/mol. The lowest BCUT2D eigenvalue weighted by atomic mass is 10.2. The number of nitrogens with zero attached hydrogens (tertiary/aromatic N) is 1. The summed E-state index contributed by atoms with van der Waals surface area (Å²) in [7, 11) is 0. The van der Waals surface area contributed by atoms with E-state index < -0.39 is 0 Å². The second-order valence-electron chi connectivity index (χ2n) is 3.81. The van der Waals surface area contributed by atoms with E-state index in [1.165, 1.54) is 0 Å². The van der Waals surface area contributed by atoms with E-state index in [4.69, 9.17) is 10.5 Å². The number of hydrogen-bond acceptors (Lipinski definition) is 4. The Labute approximate surface area is 102 Å². The maximum atomic E-state index is 11.7. The number of anilines is 2. The minimum Gasteiger partial charge on any atom is -0.464 e. The first-order valence-corrected chi connectivity index (χ1v) is 5.89. The molecule has 17 heavy (non-hydrogen) atoms. The summed E-state index contributed by atoms with van der Waals surface area (Å²) in [5, 5.41) is 0. The van der Waals surface area contributed by atoms with Crippen molar-refractivity contribution in [2.45, 2.75) is 26.8 Å². The van der Waals surface area contributed by atoms with E-state index >= 15 is 0 Å². The summed E-state index contributed by atoms with van der Waals surface area (Å²) in [6, 6.07) is 7.19. The zero-order valence-corrected chi connectivity index (χ0v) is 10.6. The highest BCUT2D eigenvalue weighted by Crippen LogP contribution is 2.19. The predicted octanol–water partition coefficient (Wildman–Crippen LogP) is 2.05. The van der Waals surface area contributed by atoms with Crippen molar-refractivity contribution in [3.05, 3.63) is 24.3 Å². The molecule has 0 aromatic heterocycles. The Balaban J connectivity index is 2.83. The smallest absolute Gasteiger partial charge is 0.328 e. The Morgan fingerprint density at radius 2 is 1.94 bits per heavy atom. The standard InChI is InChI=1S/C13H20N2O2/c1-4-15(10(3)13(16)17-5-2)12-8-6-11(14)7-9-12/h6-10H,4-5,14H2,1-3H3. The number of benzene rings is 1. The van der Waals surface area contributed by atoms with Crippen molar-refractivity contribution in [1.29, 1.82) is 0 Å². The van der Waals surface area contributed by atoms with Gasteiger partial charge in [0.25, 0.3) is 0 Å². The Bertz CT molecular complexity index is 362. The quantitative estimate of drug-likeness (QED) is 0.628. The molecular formula is C13H20N2O2. The fraction of sp³-hybridized carbons (Fsp3) is 0.462.